The van der Waals surface area contributed by atoms with Crippen molar-refractivity contribution in [2.24, 2.45) is 9.98 Å². The number of aliphatic imine (C=N–C) groups is 2. The molecule has 2 N–H and O–H groups in total. The first-order valence-corrected chi connectivity index (χ1v) is 13.6. The first kappa shape index (κ1) is 37.3. The Balaban J connectivity index is 0.000000962. The smallest absolute Gasteiger partial charge is 0.550 e. The topological polar surface area (TPSA) is 145 Å². The van der Waals surface area contributed by atoms with E-state index in [1.165, 1.54) is 0 Å². The Hall–Kier alpha value is -4.73. The third kappa shape index (κ3) is 13.1. The summed E-state index contributed by atoms with van der Waals surface area (Å²) in [6.45, 7) is 6.94. The number of carbonyl (C=O) groups excluding carboxylic acids is 2. The second kappa shape index (κ2) is 19.5. The third-order valence-corrected chi connectivity index (χ3v) is 5.91. The molecule has 0 unspecified atom stereocenters. The first-order chi connectivity index (χ1) is 20.5. The van der Waals surface area contributed by atoms with Crippen LogP contribution in [-0.2, 0) is 26.4 Å². The van der Waals surface area contributed by atoms with Crippen molar-refractivity contribution in [2.75, 3.05) is 13.1 Å². The molecular formula is C35H36CoN2O6. The van der Waals surface area contributed by atoms with Crippen LogP contribution in [0, 0.1) is 13.8 Å². The van der Waals surface area contributed by atoms with Crippen LogP contribution in [0.3, 0.4) is 0 Å². The van der Waals surface area contributed by atoms with Crippen molar-refractivity contribution in [3.05, 3.63) is 107 Å². The minimum absolute atomic E-state index is 0. The number of rotatable bonds is 8. The van der Waals surface area contributed by atoms with Crippen LogP contribution in [0.2, 0.25) is 0 Å². The van der Waals surface area contributed by atoms with Crippen molar-refractivity contribution in [1.82, 2.24) is 0 Å². The Morgan fingerprint density at radius 1 is 0.636 bits per heavy atom. The molecule has 0 aromatic heterocycles. The van der Waals surface area contributed by atoms with E-state index in [4.69, 9.17) is 19.8 Å². The quantitative estimate of drug-likeness (QED) is 0.215. The Morgan fingerprint density at radius 2 is 0.955 bits per heavy atom. The number of carboxylic acids is 2. The Kier molecular flexibility index (Phi) is 16.5. The molecule has 0 aliphatic heterocycles. The minimum Gasteiger partial charge on any atom is -0.550 e. The number of aryl methyl sites for hydroxylation is 2. The maximum absolute atomic E-state index is 10.5. The van der Waals surface area contributed by atoms with Crippen LogP contribution in [0.25, 0.3) is 22.3 Å². The van der Waals surface area contributed by atoms with Crippen LogP contribution < -0.4 is 10.2 Å². The number of nitrogens with zero attached hydrogens (tertiary/aromatic N) is 2. The van der Waals surface area contributed by atoms with E-state index in [1.807, 2.05) is 74.5 Å². The van der Waals surface area contributed by atoms with Gasteiger partial charge in [-0.2, -0.15) is 0 Å². The predicted molar refractivity (Wildman–Crippen MR) is 167 cm³/mol. The van der Waals surface area contributed by atoms with Crippen LogP contribution >= 0.6 is 0 Å². The molecule has 0 aliphatic rings. The fraction of sp³-hybridized carbons (Fsp3) is 0.200. The molecule has 0 saturated heterocycles. The van der Waals surface area contributed by atoms with E-state index in [0.717, 1.165) is 53.6 Å². The van der Waals surface area contributed by atoms with E-state index >= 15 is 0 Å². The van der Waals surface area contributed by atoms with Gasteiger partial charge in [-0.1, -0.05) is 60.7 Å². The molecule has 4 aromatic carbocycles. The standard InChI is InChI=1S/C31H30N2O2.2C2H4O2.Co/c1-22-16-26(24-10-5-3-6-11-24)18-28(30(22)34)20-32-14-9-15-33-21-29-19-27(17-23(2)31(29)35)25-12-7-4-8-13-25;2*1-2(3)4;/h3-8,10-13,16-21,34-35H,9,14-15H2,1-2H3;2*1H3,(H,3,4);/q;;;+2/p-2. The minimum atomic E-state index is -1.08. The average Bonchev–Trinajstić information content (AvgIpc) is 2.97. The van der Waals surface area contributed by atoms with Gasteiger partial charge in [0.1, 0.15) is 11.5 Å². The molecule has 9 heteroatoms. The van der Waals surface area contributed by atoms with Crippen LogP contribution in [0.5, 0.6) is 11.5 Å². The molecule has 4 rings (SSSR count). The van der Waals surface area contributed by atoms with Gasteiger partial charge in [0.05, 0.1) is 0 Å². The van der Waals surface area contributed by atoms with Gasteiger partial charge in [-0.3, -0.25) is 9.98 Å². The summed E-state index contributed by atoms with van der Waals surface area (Å²) in [6, 6.07) is 28.1. The van der Waals surface area contributed by atoms with Crippen molar-refractivity contribution >= 4 is 24.4 Å². The number of phenols is 2. The molecule has 0 amide bonds. The monoisotopic (exact) mass is 639 g/mol. The number of aromatic hydroxyl groups is 2. The van der Waals surface area contributed by atoms with Crippen LogP contribution in [0.15, 0.2) is 94.9 Å². The van der Waals surface area contributed by atoms with Gasteiger partial charge in [-0.15, -0.1) is 0 Å². The van der Waals surface area contributed by atoms with Gasteiger partial charge >= 0.3 is 16.8 Å². The zero-order valence-corrected chi connectivity index (χ0v) is 26.2. The molecule has 0 heterocycles. The molecule has 0 fully saturated rings. The molecule has 0 spiro atoms. The molecule has 4 aromatic rings. The maximum atomic E-state index is 10.5. The fourth-order valence-electron chi connectivity index (χ4n) is 3.98. The molecule has 44 heavy (non-hydrogen) atoms. The average molecular weight is 640 g/mol. The van der Waals surface area contributed by atoms with Gasteiger partial charge in [0, 0.05) is 48.6 Å². The third-order valence-electron chi connectivity index (χ3n) is 5.91. The van der Waals surface area contributed by atoms with Crippen molar-refractivity contribution in [2.45, 2.75) is 34.1 Å². The van der Waals surface area contributed by atoms with E-state index < -0.39 is 11.9 Å². The van der Waals surface area contributed by atoms with Gasteiger partial charge in [0.25, 0.3) is 0 Å². The van der Waals surface area contributed by atoms with Crippen molar-refractivity contribution in [1.29, 1.82) is 0 Å². The molecule has 1 radical (unpaired) electrons. The molecule has 231 valence electrons. The van der Waals surface area contributed by atoms with Gasteiger partial charge in [-0.05, 0) is 91.8 Å². The van der Waals surface area contributed by atoms with Crippen molar-refractivity contribution < 1.29 is 46.8 Å². The summed E-state index contributed by atoms with van der Waals surface area (Å²) in [5.41, 5.74) is 7.40. The van der Waals surface area contributed by atoms with Gasteiger partial charge in [0.2, 0.25) is 0 Å². The van der Waals surface area contributed by atoms with Gasteiger partial charge in [0.15, 0.2) is 0 Å². The van der Waals surface area contributed by atoms with E-state index in [1.54, 1.807) is 12.4 Å². The molecule has 0 atom stereocenters. The van der Waals surface area contributed by atoms with Crippen LogP contribution in [0.4, 0.5) is 0 Å². The molecule has 0 aliphatic carbocycles. The van der Waals surface area contributed by atoms with E-state index in [9.17, 15) is 10.2 Å². The van der Waals surface area contributed by atoms with E-state index in [-0.39, 0.29) is 28.3 Å². The normalized spacial score (nSPS) is 10.3. The molecule has 0 saturated carbocycles. The van der Waals surface area contributed by atoms with Crippen LogP contribution in [0.1, 0.15) is 42.5 Å². The number of hydrogen-bond acceptors (Lipinski definition) is 8. The van der Waals surface area contributed by atoms with E-state index in [2.05, 4.69) is 34.3 Å². The predicted octanol–water partition coefficient (Wildman–Crippen LogP) is 4.49. The Morgan fingerprint density at radius 3 is 1.27 bits per heavy atom. The number of aliphatic carboxylic acids is 2. The summed E-state index contributed by atoms with van der Waals surface area (Å²) in [5.74, 6) is -1.65. The second-order valence-corrected chi connectivity index (χ2v) is 9.60. The zero-order chi connectivity index (χ0) is 31.8. The molecule has 0 bridgehead atoms. The fourth-order valence-corrected chi connectivity index (χ4v) is 3.98. The van der Waals surface area contributed by atoms with Gasteiger partial charge < -0.3 is 30.0 Å². The Bertz CT molecular complexity index is 1430. The summed E-state index contributed by atoms with van der Waals surface area (Å²) < 4.78 is 0. The maximum Gasteiger partial charge on any atom is 2.00 e. The first-order valence-electron chi connectivity index (χ1n) is 13.6. The number of hydrogen-bond donors (Lipinski definition) is 2. The Labute approximate surface area is 268 Å². The number of phenolic OH excluding ortho intramolecular Hbond substituents is 2. The summed E-state index contributed by atoms with van der Waals surface area (Å²) in [7, 11) is 0. The van der Waals surface area contributed by atoms with Crippen molar-refractivity contribution in [3.8, 4) is 33.8 Å². The summed E-state index contributed by atoms with van der Waals surface area (Å²) >= 11 is 0. The second-order valence-electron chi connectivity index (χ2n) is 9.60. The number of carboxylic acid groups (broad SMARTS) is 2. The summed E-state index contributed by atoms with van der Waals surface area (Å²) in [4.78, 5) is 26.8. The number of carbonyl (C=O) groups is 2. The number of benzene rings is 4. The van der Waals surface area contributed by atoms with Crippen LogP contribution in [-0.4, -0.2) is 47.7 Å². The zero-order valence-electron chi connectivity index (χ0n) is 25.1. The largest absolute Gasteiger partial charge is 2.00 e. The van der Waals surface area contributed by atoms with Gasteiger partial charge in [-0.25, -0.2) is 0 Å². The van der Waals surface area contributed by atoms with Crippen molar-refractivity contribution in [3.63, 3.8) is 0 Å². The SMILES string of the molecule is CC(=O)[O-].CC(=O)[O-].Cc1cc(-c2ccccc2)cc(C=NCCCN=Cc2cc(-c3ccccc3)cc(C)c2O)c1O.[Co+2]. The molecular weight excluding hydrogens is 603 g/mol. The summed E-state index contributed by atoms with van der Waals surface area (Å²) in [6.07, 6.45) is 4.23. The summed E-state index contributed by atoms with van der Waals surface area (Å²) in [5, 5.41) is 38.7. The van der Waals surface area contributed by atoms with E-state index in [0.29, 0.717) is 24.2 Å². The molecule has 8 nitrogen and oxygen atoms in total.